The molecule has 0 aromatic rings. The van der Waals surface area contributed by atoms with Gasteiger partial charge in [-0.2, -0.15) is 0 Å². The Balaban J connectivity index is 2.73. The van der Waals surface area contributed by atoms with E-state index in [2.05, 4.69) is 5.32 Å². The first-order valence-corrected chi connectivity index (χ1v) is 13.1. The van der Waals surface area contributed by atoms with Crippen LogP contribution in [-0.4, -0.2) is 57.6 Å². The van der Waals surface area contributed by atoms with Crippen molar-refractivity contribution in [3.63, 3.8) is 0 Å². The Bertz CT molecular complexity index is 911. The average Bonchev–Trinajstić information content (AvgIpc) is 2.65. The molecular weight excluding hydrogens is 784 g/mol. The summed E-state index contributed by atoms with van der Waals surface area (Å²) in [7, 11) is 0. The minimum Gasteiger partial charge on any atom is -0.454 e. The Kier molecular flexibility index (Phi) is 9.43. The first-order chi connectivity index (χ1) is 14.7. The fourth-order valence-corrected chi connectivity index (χ4v) is 9.77. The quantitative estimate of drug-likeness (QED) is 0.182. The number of primary amides is 1. The fraction of sp³-hybridized carbons (Fsp3) is 0.579. The van der Waals surface area contributed by atoms with Crippen molar-refractivity contribution < 1.29 is 33.4 Å². The molecule has 0 aromatic carbocycles. The molecule has 2 rings (SSSR count). The number of alkyl halides is 1. The first kappa shape index (κ1) is 28.2. The van der Waals surface area contributed by atoms with Gasteiger partial charge in [-0.05, 0) is 83.1 Å². The standard InChI is InChI=1S/C19H22ClI3N2O7/c1-7(32-8(2)26)13(27)11-12(21)10(9-5-30-18(3,4)31-6-9)14(22)19(15(11)23,16(20)28)25-17(24)29/h7,9,15H,5-6H2,1-4H3,(H3,24,25,29). The molecule has 13 heteroatoms. The summed E-state index contributed by atoms with van der Waals surface area (Å²) in [5.41, 5.74) is 4.36. The normalized spacial score (nSPS) is 27.1. The van der Waals surface area contributed by atoms with Crippen LogP contribution in [0.3, 0.4) is 0 Å². The Labute approximate surface area is 231 Å². The summed E-state index contributed by atoms with van der Waals surface area (Å²) < 4.78 is 16.7. The summed E-state index contributed by atoms with van der Waals surface area (Å²) in [6.45, 7) is 6.69. The zero-order valence-corrected chi connectivity index (χ0v) is 24.8. The smallest absolute Gasteiger partial charge is 0.313 e. The highest BCUT2D eigenvalue weighted by Gasteiger charge is 2.56. The van der Waals surface area contributed by atoms with E-state index in [0.29, 0.717) is 12.7 Å². The van der Waals surface area contributed by atoms with E-state index < -0.39 is 44.4 Å². The third-order valence-corrected chi connectivity index (χ3v) is 9.42. The van der Waals surface area contributed by atoms with Gasteiger partial charge in [0.25, 0.3) is 5.24 Å². The molecule has 1 heterocycles. The molecule has 0 aromatic heterocycles. The lowest BCUT2D eigenvalue weighted by Gasteiger charge is -2.44. The van der Waals surface area contributed by atoms with Crippen molar-refractivity contribution in [1.82, 2.24) is 5.32 Å². The van der Waals surface area contributed by atoms with Gasteiger partial charge >= 0.3 is 12.0 Å². The van der Waals surface area contributed by atoms with Crippen LogP contribution in [-0.2, 0) is 28.6 Å². The molecule has 3 atom stereocenters. The number of rotatable bonds is 6. The maximum atomic E-state index is 13.4. The van der Waals surface area contributed by atoms with Crippen LogP contribution in [0.1, 0.15) is 27.7 Å². The van der Waals surface area contributed by atoms with Gasteiger partial charge < -0.3 is 25.3 Å². The molecule has 1 saturated heterocycles. The number of ketones is 1. The van der Waals surface area contributed by atoms with Gasteiger partial charge in [0, 0.05) is 25.6 Å². The number of carbonyl (C=O) groups is 4. The molecule has 0 spiro atoms. The second-order valence-corrected chi connectivity index (χ2v) is 11.5. The fourth-order valence-electron chi connectivity index (χ4n) is 3.41. The molecule has 32 heavy (non-hydrogen) atoms. The third-order valence-electron chi connectivity index (χ3n) is 4.97. The van der Waals surface area contributed by atoms with Crippen molar-refractivity contribution in [1.29, 1.82) is 0 Å². The maximum absolute atomic E-state index is 13.4. The third kappa shape index (κ3) is 5.60. The van der Waals surface area contributed by atoms with Crippen LogP contribution in [0.15, 0.2) is 18.3 Å². The number of nitrogens with two attached hydrogens (primary N) is 1. The van der Waals surface area contributed by atoms with E-state index in [1.54, 1.807) is 13.8 Å². The summed E-state index contributed by atoms with van der Waals surface area (Å²) >= 11 is 11.9. The molecule has 1 aliphatic carbocycles. The number of Topliss-reactive ketones (excluding diaryl/α,β-unsaturated/α-hetero) is 1. The lowest BCUT2D eigenvalue weighted by molar-refractivity contribution is -0.257. The largest absolute Gasteiger partial charge is 0.454 e. The number of esters is 1. The van der Waals surface area contributed by atoms with Gasteiger partial charge in [-0.3, -0.25) is 14.4 Å². The number of urea groups is 1. The average molecular weight is 807 g/mol. The number of nitrogens with one attached hydrogen (secondary N) is 1. The highest BCUT2D eigenvalue weighted by atomic mass is 127. The Morgan fingerprint density at radius 2 is 1.75 bits per heavy atom. The van der Waals surface area contributed by atoms with Crippen LogP contribution < -0.4 is 11.1 Å². The number of hydrogen-bond acceptors (Lipinski definition) is 7. The molecule has 1 fully saturated rings. The minimum absolute atomic E-state index is 0.183. The van der Waals surface area contributed by atoms with Crippen molar-refractivity contribution in [3.05, 3.63) is 18.3 Å². The number of ether oxygens (including phenoxy) is 3. The minimum atomic E-state index is -1.80. The van der Waals surface area contributed by atoms with Gasteiger partial charge in [0.05, 0.1) is 17.1 Å². The summed E-state index contributed by atoms with van der Waals surface area (Å²) in [6.07, 6.45) is -1.11. The van der Waals surface area contributed by atoms with Gasteiger partial charge in [-0.15, -0.1) is 0 Å². The molecular formula is C19H22ClI3N2O7. The van der Waals surface area contributed by atoms with Crippen LogP contribution >= 0.6 is 79.4 Å². The van der Waals surface area contributed by atoms with Gasteiger partial charge in [0.2, 0.25) is 5.78 Å². The van der Waals surface area contributed by atoms with Crippen LogP contribution in [0.5, 0.6) is 0 Å². The molecule has 1 aliphatic heterocycles. The highest BCUT2D eigenvalue weighted by molar-refractivity contribution is 14.1. The van der Waals surface area contributed by atoms with E-state index in [1.807, 2.05) is 67.8 Å². The van der Waals surface area contributed by atoms with Crippen LogP contribution in [0.4, 0.5) is 4.79 Å². The summed E-state index contributed by atoms with van der Waals surface area (Å²) in [6, 6.07) is -0.983. The van der Waals surface area contributed by atoms with Gasteiger partial charge in [0.15, 0.2) is 17.4 Å². The van der Waals surface area contributed by atoms with E-state index >= 15 is 0 Å². The maximum Gasteiger partial charge on any atom is 0.313 e. The van der Waals surface area contributed by atoms with Crippen molar-refractivity contribution in [2.24, 2.45) is 11.7 Å². The van der Waals surface area contributed by atoms with Crippen LogP contribution in [0.2, 0.25) is 0 Å². The first-order valence-electron chi connectivity index (χ1n) is 9.36. The van der Waals surface area contributed by atoms with Crippen molar-refractivity contribution in [3.8, 4) is 0 Å². The monoisotopic (exact) mass is 806 g/mol. The number of halogens is 4. The van der Waals surface area contributed by atoms with E-state index in [1.165, 1.54) is 13.8 Å². The molecule has 0 saturated carbocycles. The summed E-state index contributed by atoms with van der Waals surface area (Å²) in [5.74, 6) is -2.29. The molecule has 3 N–H and O–H groups in total. The summed E-state index contributed by atoms with van der Waals surface area (Å²) in [5, 5.41) is 1.56. The van der Waals surface area contributed by atoms with Crippen LogP contribution in [0, 0.1) is 5.92 Å². The van der Waals surface area contributed by atoms with E-state index in [-0.39, 0.29) is 24.7 Å². The molecule has 2 aliphatic rings. The lowest BCUT2D eigenvalue weighted by atomic mass is 9.78. The topological polar surface area (TPSA) is 134 Å². The van der Waals surface area contributed by atoms with Crippen molar-refractivity contribution >= 4 is 102 Å². The predicted molar refractivity (Wildman–Crippen MR) is 142 cm³/mol. The predicted octanol–water partition coefficient (Wildman–Crippen LogP) is 3.27. The molecule has 3 unspecified atom stereocenters. The number of allylic oxidation sites excluding steroid dienone is 1. The molecule has 0 bridgehead atoms. The zero-order valence-electron chi connectivity index (χ0n) is 17.6. The molecule has 0 radical (unpaired) electrons. The van der Waals surface area contributed by atoms with Crippen LogP contribution in [0.25, 0.3) is 0 Å². The van der Waals surface area contributed by atoms with E-state index in [4.69, 9.17) is 31.5 Å². The second kappa shape index (κ2) is 10.7. The molecule has 178 valence electrons. The van der Waals surface area contributed by atoms with Gasteiger partial charge in [-0.1, -0.05) is 22.6 Å². The molecule has 9 nitrogen and oxygen atoms in total. The van der Waals surface area contributed by atoms with Gasteiger partial charge in [-0.25, -0.2) is 4.79 Å². The van der Waals surface area contributed by atoms with Crippen molar-refractivity contribution in [2.45, 2.75) is 49.0 Å². The number of carbonyl (C=O) groups excluding carboxylic acids is 4. The Morgan fingerprint density at radius 3 is 2.19 bits per heavy atom. The summed E-state index contributed by atoms with van der Waals surface area (Å²) in [4.78, 5) is 49.5. The second-order valence-electron chi connectivity index (χ2n) is 7.72. The number of hydrogen-bond donors (Lipinski definition) is 2. The number of amides is 2. The zero-order chi connectivity index (χ0) is 24.6. The lowest BCUT2D eigenvalue weighted by Crippen LogP contribution is -2.63. The highest BCUT2D eigenvalue weighted by Crippen LogP contribution is 2.51. The van der Waals surface area contributed by atoms with Crippen molar-refractivity contribution in [2.75, 3.05) is 13.2 Å². The van der Waals surface area contributed by atoms with E-state index in [0.717, 1.165) is 0 Å². The Hall–Kier alpha value is -0.0400. The van der Waals surface area contributed by atoms with E-state index in [9.17, 15) is 19.2 Å². The SMILES string of the molecule is CC(=O)OC(C)C(=O)C1=C(I)C(C2COC(C)(C)OC2)=C(I)C(NC(N)=O)(C(=O)Cl)C1I. The molecule has 2 amide bonds. The van der Waals surface area contributed by atoms with Gasteiger partial charge in [0.1, 0.15) is 0 Å². The Morgan fingerprint density at radius 1 is 1.22 bits per heavy atom.